The molecule has 27 heavy (non-hydrogen) atoms. The molecule has 0 radical (unpaired) electrons. The standard InChI is InChI=1S/C19H23N5O3/c1-19(27-4)5-7-24(8-6-19)16-12-9-14(18(26)23(2)3)21-11-15(12)22-17(25)13(16)10-20/h9,11,14H,5-8H2,1-4H3. The molecule has 1 saturated heterocycles. The molecule has 1 unspecified atom stereocenters. The minimum atomic E-state index is -0.689. The van der Waals surface area contributed by atoms with Crippen LogP contribution < -0.4 is 0 Å². The summed E-state index contributed by atoms with van der Waals surface area (Å²) in [5.74, 6) is -0.735. The number of ether oxygens (including phenoxy) is 1. The van der Waals surface area contributed by atoms with Gasteiger partial charge in [-0.05, 0) is 25.8 Å². The number of likely N-dealkylation sites (tertiary alicyclic amines) is 1. The van der Waals surface area contributed by atoms with E-state index in [2.05, 4.69) is 16.9 Å². The first-order valence-electron chi connectivity index (χ1n) is 8.84. The van der Waals surface area contributed by atoms with Crippen LogP contribution in [-0.2, 0) is 14.3 Å². The van der Waals surface area contributed by atoms with E-state index in [0.29, 0.717) is 30.1 Å². The normalized spacial score (nSPS) is 24.0. The van der Waals surface area contributed by atoms with Crippen LogP contribution in [0.4, 0.5) is 0 Å². The molecule has 0 aromatic rings. The van der Waals surface area contributed by atoms with Crippen LogP contribution >= 0.6 is 0 Å². The third-order valence-corrected chi connectivity index (χ3v) is 5.32. The van der Waals surface area contributed by atoms with E-state index < -0.39 is 11.9 Å². The van der Waals surface area contributed by atoms with E-state index in [4.69, 9.17) is 4.74 Å². The number of likely N-dealkylation sites (N-methyl/N-ethyl adjacent to an activating group) is 1. The molecule has 0 saturated carbocycles. The highest BCUT2D eigenvalue weighted by Gasteiger charge is 2.37. The maximum absolute atomic E-state index is 12.4. The number of nitrogens with zero attached hydrogens (tertiary/aromatic N) is 5. The van der Waals surface area contributed by atoms with Gasteiger partial charge in [-0.15, -0.1) is 0 Å². The van der Waals surface area contributed by atoms with E-state index in [9.17, 15) is 14.9 Å². The first-order valence-corrected chi connectivity index (χ1v) is 8.84. The third kappa shape index (κ3) is 3.43. The molecule has 0 aromatic carbocycles. The molecule has 3 aliphatic heterocycles. The van der Waals surface area contributed by atoms with Gasteiger partial charge in [0.05, 0.1) is 17.0 Å². The van der Waals surface area contributed by atoms with E-state index in [1.807, 2.05) is 11.0 Å². The lowest BCUT2D eigenvalue weighted by Crippen LogP contribution is -2.45. The lowest BCUT2D eigenvalue weighted by molar-refractivity contribution is -0.128. The molecule has 142 valence electrons. The fourth-order valence-electron chi connectivity index (χ4n) is 3.43. The van der Waals surface area contributed by atoms with Gasteiger partial charge in [0.2, 0.25) is 0 Å². The van der Waals surface area contributed by atoms with Gasteiger partial charge in [-0.2, -0.15) is 5.26 Å². The summed E-state index contributed by atoms with van der Waals surface area (Å²) in [5.41, 5.74) is 1.37. The van der Waals surface area contributed by atoms with Gasteiger partial charge < -0.3 is 14.5 Å². The first kappa shape index (κ1) is 19.0. The van der Waals surface area contributed by atoms with Gasteiger partial charge in [-0.3, -0.25) is 14.6 Å². The van der Waals surface area contributed by atoms with Crippen LogP contribution in [0, 0.1) is 11.3 Å². The summed E-state index contributed by atoms with van der Waals surface area (Å²) in [6.45, 7) is 3.35. The number of carbonyl (C=O) groups is 2. The minimum Gasteiger partial charge on any atom is -0.378 e. The molecule has 0 bridgehead atoms. The average molecular weight is 369 g/mol. The van der Waals surface area contributed by atoms with Crippen molar-refractivity contribution in [2.45, 2.75) is 31.4 Å². The van der Waals surface area contributed by atoms with Crippen molar-refractivity contribution in [2.75, 3.05) is 34.3 Å². The molecule has 3 rings (SSSR count). The summed E-state index contributed by atoms with van der Waals surface area (Å²) in [4.78, 5) is 36.4. The summed E-state index contributed by atoms with van der Waals surface area (Å²) >= 11 is 0. The molecule has 0 N–H and O–H groups in total. The summed E-state index contributed by atoms with van der Waals surface area (Å²) in [6.07, 6.45) is 4.70. The van der Waals surface area contributed by atoms with Crippen LogP contribution in [-0.4, -0.2) is 79.5 Å². The number of carbonyl (C=O) groups excluding carboxylic acids is 2. The Morgan fingerprint density at radius 1 is 1.41 bits per heavy atom. The van der Waals surface area contributed by atoms with Crippen molar-refractivity contribution in [2.24, 2.45) is 9.98 Å². The lowest BCUT2D eigenvalue weighted by atomic mass is 9.89. The van der Waals surface area contributed by atoms with Crippen molar-refractivity contribution >= 4 is 23.7 Å². The highest BCUT2D eigenvalue weighted by Crippen LogP contribution is 2.33. The predicted octanol–water partition coefficient (Wildman–Crippen LogP) is 0.714. The van der Waals surface area contributed by atoms with Crippen molar-refractivity contribution in [3.05, 3.63) is 22.9 Å². The van der Waals surface area contributed by atoms with Crippen molar-refractivity contribution in [1.82, 2.24) is 9.80 Å². The van der Waals surface area contributed by atoms with Gasteiger partial charge >= 0.3 is 0 Å². The second-order valence-electron chi connectivity index (χ2n) is 7.31. The van der Waals surface area contributed by atoms with E-state index in [0.717, 1.165) is 12.8 Å². The van der Waals surface area contributed by atoms with Crippen molar-refractivity contribution in [3.63, 3.8) is 0 Å². The Kier molecular flexibility index (Phi) is 4.98. The number of methoxy groups -OCH3 is 1. The molecule has 8 nitrogen and oxygen atoms in total. The molecular formula is C19H23N5O3. The number of piperidine rings is 1. The summed E-state index contributed by atoms with van der Waals surface area (Å²) in [6, 6.07) is 1.32. The van der Waals surface area contributed by atoms with E-state index in [1.165, 1.54) is 11.1 Å². The Hall–Kier alpha value is -2.79. The number of allylic oxidation sites excluding steroid dienone is 1. The van der Waals surface area contributed by atoms with Crippen molar-refractivity contribution < 1.29 is 14.3 Å². The number of rotatable bonds is 3. The van der Waals surface area contributed by atoms with Gasteiger partial charge in [-0.1, -0.05) is 0 Å². The van der Waals surface area contributed by atoms with Crippen LogP contribution in [0.15, 0.2) is 32.9 Å². The Morgan fingerprint density at radius 2 is 2.07 bits per heavy atom. The Labute approximate surface area is 158 Å². The molecular weight excluding hydrogens is 346 g/mol. The molecule has 0 aliphatic carbocycles. The van der Waals surface area contributed by atoms with Crippen LogP contribution in [0.5, 0.6) is 0 Å². The molecule has 0 spiro atoms. The van der Waals surface area contributed by atoms with Gasteiger partial charge in [0.1, 0.15) is 17.7 Å². The summed E-state index contributed by atoms with van der Waals surface area (Å²) in [7, 11) is 5.03. The number of nitriles is 1. The number of aliphatic imine (C=N–C) groups is 2. The summed E-state index contributed by atoms with van der Waals surface area (Å²) in [5, 5.41) is 9.58. The van der Waals surface area contributed by atoms with Crippen LogP contribution in [0.2, 0.25) is 0 Å². The molecule has 0 aromatic heterocycles. The molecule has 3 aliphatic rings. The molecule has 1 fully saturated rings. The molecule has 1 atom stereocenters. The number of dihydropyridines is 2. The number of fused-ring (bicyclic) bond motifs is 1. The largest absolute Gasteiger partial charge is 0.378 e. The third-order valence-electron chi connectivity index (χ3n) is 5.32. The van der Waals surface area contributed by atoms with Gasteiger partial charge in [0.15, 0.2) is 0 Å². The fourth-order valence-corrected chi connectivity index (χ4v) is 3.43. The number of hydrogen-bond acceptors (Lipinski definition) is 6. The summed E-state index contributed by atoms with van der Waals surface area (Å²) < 4.78 is 5.59. The second kappa shape index (κ2) is 7.08. The van der Waals surface area contributed by atoms with Gasteiger partial charge in [-0.25, -0.2) is 4.99 Å². The van der Waals surface area contributed by atoms with Crippen LogP contribution in [0.25, 0.3) is 0 Å². The minimum absolute atomic E-state index is 0.0115. The number of hydrogen-bond donors (Lipinski definition) is 0. The van der Waals surface area contributed by atoms with Gasteiger partial charge in [0.25, 0.3) is 11.8 Å². The smallest absolute Gasteiger partial charge is 0.290 e. The van der Waals surface area contributed by atoms with Crippen molar-refractivity contribution in [1.29, 1.82) is 5.26 Å². The quantitative estimate of drug-likeness (QED) is 0.730. The second-order valence-corrected chi connectivity index (χ2v) is 7.31. The highest BCUT2D eigenvalue weighted by molar-refractivity contribution is 6.44. The highest BCUT2D eigenvalue weighted by atomic mass is 16.5. The van der Waals surface area contributed by atoms with Crippen LogP contribution in [0.3, 0.4) is 0 Å². The molecule has 2 amide bonds. The van der Waals surface area contributed by atoms with E-state index >= 15 is 0 Å². The lowest BCUT2D eigenvalue weighted by Gasteiger charge is -2.41. The Balaban J connectivity index is 2.00. The zero-order chi connectivity index (χ0) is 19.8. The molecule has 3 heterocycles. The maximum atomic E-state index is 12.4. The first-order chi connectivity index (χ1) is 12.8. The number of amides is 2. The van der Waals surface area contributed by atoms with Gasteiger partial charge in [0, 0.05) is 46.1 Å². The SMILES string of the molecule is COC1(C)CCN(C2=C(C#N)C(=O)N=C3C=NC(C(=O)N(C)C)C=C32)CC1. The topological polar surface area (TPSA) is 98.4 Å². The monoisotopic (exact) mass is 369 g/mol. The molecule has 8 heteroatoms. The van der Waals surface area contributed by atoms with Crippen LogP contribution in [0.1, 0.15) is 19.8 Å². The Morgan fingerprint density at radius 3 is 2.63 bits per heavy atom. The van der Waals surface area contributed by atoms with Crippen molar-refractivity contribution in [3.8, 4) is 6.07 Å². The van der Waals surface area contributed by atoms with E-state index in [-0.39, 0.29) is 17.1 Å². The fraction of sp³-hybridized carbons (Fsp3) is 0.526. The average Bonchev–Trinajstić information content (AvgIpc) is 2.66. The maximum Gasteiger partial charge on any atom is 0.290 e. The zero-order valence-corrected chi connectivity index (χ0v) is 16.0. The van der Waals surface area contributed by atoms with E-state index in [1.54, 1.807) is 27.3 Å². The zero-order valence-electron chi connectivity index (χ0n) is 16.0. The predicted molar refractivity (Wildman–Crippen MR) is 100 cm³/mol. The Bertz CT molecular complexity index is 836.